The largest absolute Gasteiger partial charge is 0.372 e. The maximum Gasteiger partial charge on any atom is 0.141 e. The van der Waals surface area contributed by atoms with Gasteiger partial charge in [0.15, 0.2) is 0 Å². The molecule has 0 unspecified atom stereocenters. The summed E-state index contributed by atoms with van der Waals surface area (Å²) >= 11 is 4.64. The predicted molar refractivity (Wildman–Crippen MR) is 144 cm³/mol. The molecule has 0 atom stereocenters. The lowest BCUT2D eigenvalue weighted by Crippen LogP contribution is -2.44. The number of rotatable bonds is 7. The number of benzene rings is 2. The fourth-order valence-corrected chi connectivity index (χ4v) is 4.24. The standard InChI is InChI=1S/C28H29FN4.CH3Cl/c1-4-5-6-20(2)32-13-15-33(16-14-32)21(3)23-8-7-22-11-12-27(31-28(22)18-23)24-9-10-25(19-30)26(29)17-24;1-2/h7-12,17-18H,2-6,13-16H2,1H3;1H3. The molecule has 4 rings (SSSR count). The van der Waals surface area contributed by atoms with Gasteiger partial charge >= 0.3 is 0 Å². The number of piperazine rings is 1. The Morgan fingerprint density at radius 3 is 2.37 bits per heavy atom. The second-order valence-corrected chi connectivity index (χ2v) is 8.50. The van der Waals surface area contributed by atoms with E-state index in [2.05, 4.69) is 53.6 Å². The minimum absolute atomic E-state index is 0.0344. The summed E-state index contributed by atoms with van der Waals surface area (Å²) in [5.74, 6) is -0.532. The van der Waals surface area contributed by atoms with E-state index in [4.69, 9.17) is 10.2 Å². The fraction of sp³-hybridized carbons (Fsp3) is 0.310. The van der Waals surface area contributed by atoms with E-state index >= 15 is 0 Å². The Morgan fingerprint density at radius 1 is 1.03 bits per heavy atom. The van der Waals surface area contributed by atoms with E-state index in [1.54, 1.807) is 6.07 Å². The topological polar surface area (TPSA) is 43.2 Å². The molecule has 35 heavy (non-hydrogen) atoms. The number of unbranched alkanes of at least 4 members (excludes halogenated alkanes) is 1. The zero-order valence-corrected chi connectivity index (χ0v) is 21.3. The van der Waals surface area contributed by atoms with Crippen LogP contribution in [-0.4, -0.2) is 47.3 Å². The molecule has 0 aliphatic carbocycles. The number of fused-ring (bicyclic) bond motifs is 1. The third kappa shape index (κ3) is 6.21. The molecule has 0 radical (unpaired) electrons. The van der Waals surface area contributed by atoms with E-state index in [1.807, 2.05) is 24.3 Å². The Morgan fingerprint density at radius 2 is 1.71 bits per heavy atom. The van der Waals surface area contributed by atoms with E-state index in [-0.39, 0.29) is 5.56 Å². The number of alkyl halides is 1. The first kappa shape index (κ1) is 26.2. The van der Waals surface area contributed by atoms with Crippen LogP contribution in [0.5, 0.6) is 0 Å². The summed E-state index contributed by atoms with van der Waals surface area (Å²) in [6.45, 7) is 14.6. The van der Waals surface area contributed by atoms with Crippen LogP contribution >= 0.6 is 11.6 Å². The monoisotopic (exact) mass is 490 g/mol. The van der Waals surface area contributed by atoms with Crippen LogP contribution in [0.4, 0.5) is 4.39 Å². The van der Waals surface area contributed by atoms with Gasteiger partial charge in [-0.05, 0) is 42.7 Å². The van der Waals surface area contributed by atoms with Crippen LogP contribution in [0, 0.1) is 17.1 Å². The lowest BCUT2D eigenvalue weighted by molar-refractivity contribution is 0.209. The average Bonchev–Trinajstić information content (AvgIpc) is 2.91. The summed E-state index contributed by atoms with van der Waals surface area (Å²) in [6, 6.07) is 16.5. The lowest BCUT2D eigenvalue weighted by Gasteiger charge is -2.39. The molecular weight excluding hydrogens is 459 g/mol. The minimum atomic E-state index is -0.532. The second kappa shape index (κ2) is 12.4. The van der Waals surface area contributed by atoms with E-state index in [0.717, 1.165) is 54.8 Å². The molecule has 0 bridgehead atoms. The van der Waals surface area contributed by atoms with Crippen LogP contribution in [0.1, 0.15) is 37.3 Å². The summed E-state index contributed by atoms with van der Waals surface area (Å²) in [5, 5.41) is 9.98. The zero-order chi connectivity index (χ0) is 25.4. The van der Waals surface area contributed by atoms with Crippen molar-refractivity contribution in [3.63, 3.8) is 0 Å². The van der Waals surface area contributed by atoms with Gasteiger partial charge in [-0.15, -0.1) is 11.6 Å². The number of nitriles is 1. The van der Waals surface area contributed by atoms with Crippen LogP contribution in [0.2, 0.25) is 0 Å². The first-order valence-electron chi connectivity index (χ1n) is 11.9. The summed E-state index contributed by atoms with van der Waals surface area (Å²) in [7, 11) is 0. The molecule has 1 saturated heterocycles. The van der Waals surface area contributed by atoms with Crippen molar-refractivity contribution in [3.05, 3.63) is 84.3 Å². The maximum absolute atomic E-state index is 14.1. The van der Waals surface area contributed by atoms with Gasteiger partial charge in [-0.25, -0.2) is 9.37 Å². The molecule has 182 valence electrons. The summed E-state index contributed by atoms with van der Waals surface area (Å²) in [5.41, 5.74) is 5.46. The lowest BCUT2D eigenvalue weighted by atomic mass is 10.0. The quantitative estimate of drug-likeness (QED) is 0.332. The summed E-state index contributed by atoms with van der Waals surface area (Å²) in [6.07, 6.45) is 4.92. The van der Waals surface area contributed by atoms with Crippen LogP contribution < -0.4 is 0 Å². The Labute approximate surface area is 213 Å². The highest BCUT2D eigenvalue weighted by atomic mass is 35.5. The smallest absolute Gasteiger partial charge is 0.141 e. The van der Waals surface area contributed by atoms with Gasteiger partial charge in [-0.3, -0.25) is 0 Å². The number of nitrogens with zero attached hydrogens (tertiary/aromatic N) is 4. The van der Waals surface area contributed by atoms with Gasteiger partial charge in [0.05, 0.1) is 16.8 Å². The number of hydrogen-bond donors (Lipinski definition) is 0. The molecule has 0 spiro atoms. The van der Waals surface area contributed by atoms with Crippen molar-refractivity contribution in [2.24, 2.45) is 0 Å². The van der Waals surface area contributed by atoms with Gasteiger partial charge in [-0.1, -0.05) is 50.8 Å². The van der Waals surface area contributed by atoms with Crippen molar-refractivity contribution in [1.29, 1.82) is 5.26 Å². The molecule has 2 heterocycles. The van der Waals surface area contributed by atoms with Gasteiger partial charge in [0, 0.05) is 54.9 Å². The van der Waals surface area contributed by atoms with Gasteiger partial charge in [0.25, 0.3) is 0 Å². The molecule has 0 saturated carbocycles. The number of halogens is 2. The molecular formula is C29H32ClFN4. The van der Waals surface area contributed by atoms with Crippen molar-refractivity contribution in [2.45, 2.75) is 26.2 Å². The third-order valence-corrected chi connectivity index (χ3v) is 6.34. The minimum Gasteiger partial charge on any atom is -0.372 e. The number of hydrogen-bond acceptors (Lipinski definition) is 4. The molecule has 2 aromatic carbocycles. The molecule has 1 aliphatic rings. The van der Waals surface area contributed by atoms with Crippen molar-refractivity contribution in [2.75, 3.05) is 32.6 Å². The average molecular weight is 491 g/mol. The summed E-state index contributed by atoms with van der Waals surface area (Å²) in [4.78, 5) is 9.48. The first-order chi connectivity index (χ1) is 17.0. The Balaban J connectivity index is 0.00000167. The molecule has 1 fully saturated rings. The normalized spacial score (nSPS) is 13.1. The SMILES string of the molecule is C=C(CCCC)N1CCN(C(=C)c2ccc3ccc(-c4ccc(C#N)c(F)c4)nc3c2)CC1.CCl. The Kier molecular flexibility index (Phi) is 9.28. The van der Waals surface area contributed by atoms with Crippen molar-refractivity contribution in [3.8, 4) is 17.3 Å². The Bertz CT molecular complexity index is 1240. The highest BCUT2D eigenvalue weighted by molar-refractivity contribution is 6.15. The van der Waals surface area contributed by atoms with E-state index in [0.29, 0.717) is 11.3 Å². The molecule has 1 aromatic heterocycles. The van der Waals surface area contributed by atoms with Crippen LogP contribution in [0.15, 0.2) is 67.4 Å². The highest BCUT2D eigenvalue weighted by Crippen LogP contribution is 2.27. The zero-order valence-electron chi connectivity index (χ0n) is 20.5. The number of pyridine rings is 1. The summed E-state index contributed by atoms with van der Waals surface area (Å²) < 4.78 is 14.1. The van der Waals surface area contributed by atoms with E-state index < -0.39 is 5.82 Å². The molecule has 0 amide bonds. The molecule has 3 aromatic rings. The highest BCUT2D eigenvalue weighted by Gasteiger charge is 2.19. The molecule has 6 heteroatoms. The van der Waals surface area contributed by atoms with Crippen LogP contribution in [0.25, 0.3) is 27.9 Å². The van der Waals surface area contributed by atoms with E-state index in [1.165, 1.54) is 37.1 Å². The maximum atomic E-state index is 14.1. The van der Waals surface area contributed by atoms with Crippen molar-refractivity contribution >= 4 is 28.2 Å². The Hall–Kier alpha value is -3.36. The van der Waals surface area contributed by atoms with Gasteiger partial charge in [0.1, 0.15) is 11.9 Å². The van der Waals surface area contributed by atoms with Crippen molar-refractivity contribution in [1.82, 2.24) is 14.8 Å². The fourth-order valence-electron chi connectivity index (χ4n) is 4.24. The van der Waals surface area contributed by atoms with Crippen molar-refractivity contribution < 1.29 is 4.39 Å². The molecule has 1 aliphatic heterocycles. The van der Waals surface area contributed by atoms with Crippen LogP contribution in [-0.2, 0) is 0 Å². The molecule has 4 nitrogen and oxygen atoms in total. The van der Waals surface area contributed by atoms with Crippen LogP contribution in [0.3, 0.4) is 0 Å². The third-order valence-electron chi connectivity index (χ3n) is 6.34. The number of allylic oxidation sites excluding steroid dienone is 1. The second-order valence-electron chi connectivity index (χ2n) is 8.50. The number of aromatic nitrogens is 1. The van der Waals surface area contributed by atoms with Gasteiger partial charge in [-0.2, -0.15) is 5.26 Å². The predicted octanol–water partition coefficient (Wildman–Crippen LogP) is 7.06. The van der Waals surface area contributed by atoms with E-state index in [9.17, 15) is 4.39 Å². The first-order valence-corrected chi connectivity index (χ1v) is 12.6. The molecule has 0 N–H and O–H groups in total. The van der Waals surface area contributed by atoms with Gasteiger partial charge < -0.3 is 9.80 Å². The van der Waals surface area contributed by atoms with Gasteiger partial charge in [0.2, 0.25) is 0 Å².